The van der Waals surface area contributed by atoms with E-state index in [9.17, 15) is 18.7 Å². The zero-order chi connectivity index (χ0) is 22.8. The minimum absolute atomic E-state index is 0.0552. The number of pyridine rings is 2. The Kier molecular flexibility index (Phi) is 5.78. The van der Waals surface area contributed by atoms with E-state index in [0.29, 0.717) is 22.2 Å². The zero-order valence-electron chi connectivity index (χ0n) is 16.6. The summed E-state index contributed by atoms with van der Waals surface area (Å²) in [6, 6.07) is 11.8. The number of anilines is 2. The molecule has 4 rings (SSSR count). The maximum Gasteiger partial charge on any atom is 0.339 e. The van der Waals surface area contributed by atoms with Crippen LogP contribution in [-0.2, 0) is 0 Å². The number of carboxylic acids is 1. The molecule has 0 aliphatic carbocycles. The van der Waals surface area contributed by atoms with Gasteiger partial charge in [0, 0.05) is 23.2 Å². The number of hydrogen-bond donors (Lipinski definition) is 3. The number of ether oxygens (including phenoxy) is 1. The zero-order valence-corrected chi connectivity index (χ0v) is 17.4. The summed E-state index contributed by atoms with van der Waals surface area (Å²) in [4.78, 5) is 20.0. The topological polar surface area (TPSA) is 110 Å². The number of nitrogen functional groups attached to an aromatic ring is 1. The molecule has 0 amide bonds. The van der Waals surface area contributed by atoms with E-state index < -0.39 is 17.6 Å². The molecule has 4 N–H and O–H groups in total. The minimum atomic E-state index is -1.16. The fourth-order valence-electron chi connectivity index (χ4n) is 3.06. The van der Waals surface area contributed by atoms with Crippen LogP contribution < -0.4 is 15.2 Å². The molecule has 0 aliphatic heterocycles. The Hall–Kier alpha value is -3.92. The molecule has 0 spiro atoms. The Labute approximate surface area is 185 Å². The summed E-state index contributed by atoms with van der Waals surface area (Å²) in [5.41, 5.74) is 8.11. The molecule has 2 heterocycles. The van der Waals surface area contributed by atoms with Gasteiger partial charge in [-0.2, -0.15) is 0 Å². The van der Waals surface area contributed by atoms with Gasteiger partial charge in [0.15, 0.2) is 0 Å². The van der Waals surface area contributed by atoms with Crippen LogP contribution in [0.4, 0.5) is 20.3 Å². The third kappa shape index (κ3) is 4.26. The standard InChI is InChI=1S/C22H16F2N4O3S/c1-31-21-18(28-32-19-5-3-14(23)9-16(19)24)8-13(10-26-21)11-2-4-17-12(6-11)7-15(22(29)30)20(25)27-17/h2-10,28H,1H3,(H2,25,27)(H,29,30). The average Bonchev–Trinajstić information content (AvgIpc) is 2.77. The number of nitrogens with two attached hydrogens (primary N) is 1. The molecule has 7 nitrogen and oxygen atoms in total. The van der Waals surface area contributed by atoms with Crippen LogP contribution in [0.5, 0.6) is 5.88 Å². The van der Waals surface area contributed by atoms with Crippen LogP contribution in [0.2, 0.25) is 0 Å². The van der Waals surface area contributed by atoms with E-state index in [2.05, 4.69) is 14.7 Å². The number of methoxy groups -OCH3 is 1. The highest BCUT2D eigenvalue weighted by Gasteiger charge is 2.13. The van der Waals surface area contributed by atoms with Crippen molar-refractivity contribution in [2.45, 2.75) is 4.90 Å². The number of benzene rings is 2. The van der Waals surface area contributed by atoms with Gasteiger partial charge in [-0.3, -0.25) is 0 Å². The second kappa shape index (κ2) is 8.67. The molecule has 0 aliphatic rings. The van der Waals surface area contributed by atoms with Crippen LogP contribution in [0.1, 0.15) is 10.4 Å². The van der Waals surface area contributed by atoms with Gasteiger partial charge in [-0.25, -0.2) is 23.5 Å². The van der Waals surface area contributed by atoms with Crippen molar-refractivity contribution in [3.63, 3.8) is 0 Å². The van der Waals surface area contributed by atoms with Crippen molar-refractivity contribution in [3.05, 3.63) is 71.9 Å². The van der Waals surface area contributed by atoms with Gasteiger partial charge in [0.2, 0.25) is 5.88 Å². The molecule has 0 saturated carbocycles. The molecule has 4 aromatic rings. The van der Waals surface area contributed by atoms with Crippen LogP contribution >= 0.6 is 11.9 Å². The highest BCUT2D eigenvalue weighted by Crippen LogP contribution is 2.33. The first-order valence-electron chi connectivity index (χ1n) is 9.21. The van der Waals surface area contributed by atoms with Crippen molar-refractivity contribution in [1.29, 1.82) is 0 Å². The molecule has 2 aromatic heterocycles. The van der Waals surface area contributed by atoms with Crippen LogP contribution in [0.15, 0.2) is 59.6 Å². The van der Waals surface area contributed by atoms with Crippen LogP contribution in [0, 0.1) is 11.6 Å². The van der Waals surface area contributed by atoms with E-state index >= 15 is 0 Å². The third-order valence-electron chi connectivity index (χ3n) is 4.62. The highest BCUT2D eigenvalue weighted by molar-refractivity contribution is 8.00. The molecule has 0 fully saturated rings. The minimum Gasteiger partial charge on any atom is -0.480 e. The molecule has 0 atom stereocenters. The lowest BCUT2D eigenvalue weighted by atomic mass is 10.0. The molecule has 0 bridgehead atoms. The second-order valence-corrected chi connectivity index (χ2v) is 7.54. The summed E-state index contributed by atoms with van der Waals surface area (Å²) in [5, 5.41) is 9.89. The number of fused-ring (bicyclic) bond motifs is 1. The number of hydrogen-bond acceptors (Lipinski definition) is 7. The van der Waals surface area contributed by atoms with Gasteiger partial charge in [-0.05, 0) is 53.9 Å². The molecule has 32 heavy (non-hydrogen) atoms. The van der Waals surface area contributed by atoms with Crippen molar-refractivity contribution in [1.82, 2.24) is 9.97 Å². The van der Waals surface area contributed by atoms with Gasteiger partial charge in [-0.1, -0.05) is 6.07 Å². The number of rotatable bonds is 6. The number of carbonyl (C=O) groups is 1. The van der Waals surface area contributed by atoms with Gasteiger partial charge in [0.05, 0.1) is 17.5 Å². The summed E-state index contributed by atoms with van der Waals surface area (Å²) in [7, 11) is 1.45. The summed E-state index contributed by atoms with van der Waals surface area (Å²) in [6.45, 7) is 0. The molecule has 0 unspecified atom stereocenters. The Bertz CT molecular complexity index is 1350. The first-order chi connectivity index (χ1) is 15.4. The first-order valence-corrected chi connectivity index (χ1v) is 10.0. The summed E-state index contributed by atoms with van der Waals surface area (Å²) >= 11 is 0.951. The lowest BCUT2D eigenvalue weighted by Crippen LogP contribution is -2.04. The fraction of sp³-hybridized carbons (Fsp3) is 0.0455. The number of nitrogens with zero attached hydrogens (tertiary/aromatic N) is 2. The van der Waals surface area contributed by atoms with Crippen molar-refractivity contribution in [3.8, 4) is 17.0 Å². The molecule has 162 valence electrons. The Balaban J connectivity index is 1.68. The van der Waals surface area contributed by atoms with Crippen molar-refractivity contribution >= 4 is 40.3 Å². The number of carboxylic acid groups (broad SMARTS) is 1. The molecule has 0 saturated heterocycles. The molecule has 2 aromatic carbocycles. The molecular formula is C22H16F2N4O3S. The maximum absolute atomic E-state index is 13.9. The lowest BCUT2D eigenvalue weighted by molar-refractivity contribution is 0.0698. The first kappa shape index (κ1) is 21.3. The Morgan fingerprint density at radius 2 is 1.94 bits per heavy atom. The Morgan fingerprint density at radius 3 is 2.66 bits per heavy atom. The van der Waals surface area contributed by atoms with Gasteiger partial charge in [-0.15, -0.1) is 0 Å². The predicted molar refractivity (Wildman–Crippen MR) is 119 cm³/mol. The molecule has 10 heteroatoms. The quantitative estimate of drug-likeness (QED) is 0.350. The van der Waals surface area contributed by atoms with E-state index in [1.165, 1.54) is 25.3 Å². The van der Waals surface area contributed by atoms with Crippen molar-refractivity contribution < 1.29 is 23.4 Å². The van der Waals surface area contributed by atoms with E-state index in [0.717, 1.165) is 23.6 Å². The lowest BCUT2D eigenvalue weighted by Gasteiger charge is -2.12. The van der Waals surface area contributed by atoms with Gasteiger partial charge in [0.1, 0.15) is 28.7 Å². The van der Waals surface area contributed by atoms with Gasteiger partial charge < -0.3 is 20.3 Å². The van der Waals surface area contributed by atoms with Crippen molar-refractivity contribution in [2.24, 2.45) is 0 Å². The van der Waals surface area contributed by atoms with Crippen LogP contribution in [-0.4, -0.2) is 28.2 Å². The second-order valence-electron chi connectivity index (χ2n) is 6.69. The SMILES string of the molecule is COc1ncc(-c2ccc3nc(N)c(C(=O)O)cc3c2)cc1NSc1ccc(F)cc1F. The fourth-order valence-corrected chi connectivity index (χ4v) is 3.71. The summed E-state index contributed by atoms with van der Waals surface area (Å²) in [6.07, 6.45) is 1.59. The largest absolute Gasteiger partial charge is 0.480 e. The molecular weight excluding hydrogens is 438 g/mol. The van der Waals surface area contributed by atoms with Crippen molar-refractivity contribution in [2.75, 3.05) is 17.6 Å². The van der Waals surface area contributed by atoms with Crippen LogP contribution in [0.3, 0.4) is 0 Å². The van der Waals surface area contributed by atoms with Gasteiger partial charge in [0.25, 0.3) is 0 Å². The number of nitrogens with one attached hydrogen (secondary N) is 1. The monoisotopic (exact) mass is 454 g/mol. The summed E-state index contributed by atoms with van der Waals surface area (Å²) in [5.74, 6) is -2.29. The molecule has 0 radical (unpaired) electrons. The van der Waals surface area contributed by atoms with E-state index in [-0.39, 0.29) is 22.2 Å². The van der Waals surface area contributed by atoms with Gasteiger partial charge >= 0.3 is 5.97 Å². The third-order valence-corrected chi connectivity index (χ3v) is 5.49. The average molecular weight is 454 g/mol. The van der Waals surface area contributed by atoms with E-state index in [1.54, 1.807) is 30.5 Å². The number of aromatic nitrogens is 2. The van der Waals surface area contributed by atoms with Crippen LogP contribution in [0.25, 0.3) is 22.0 Å². The van der Waals surface area contributed by atoms with E-state index in [1.807, 2.05) is 0 Å². The smallest absolute Gasteiger partial charge is 0.339 e. The normalized spacial score (nSPS) is 10.8. The highest BCUT2D eigenvalue weighted by atomic mass is 32.2. The number of halogens is 2. The summed E-state index contributed by atoms with van der Waals surface area (Å²) < 4.78 is 35.3. The Morgan fingerprint density at radius 1 is 1.12 bits per heavy atom. The number of aromatic carboxylic acids is 1. The van der Waals surface area contributed by atoms with E-state index in [4.69, 9.17) is 10.5 Å². The predicted octanol–water partition coefficient (Wildman–Crippen LogP) is 4.98. The maximum atomic E-state index is 13.9.